The van der Waals surface area contributed by atoms with E-state index in [1.54, 1.807) is 6.08 Å². The molecule has 4 heteroatoms. The molecule has 0 amide bonds. The average molecular weight is 463 g/mol. The van der Waals surface area contributed by atoms with Gasteiger partial charge in [0.1, 0.15) is 0 Å². The fourth-order valence-electron chi connectivity index (χ4n) is 9.52. The Morgan fingerprint density at radius 2 is 1.73 bits per heavy atom. The van der Waals surface area contributed by atoms with Crippen LogP contribution in [0.2, 0.25) is 0 Å². The summed E-state index contributed by atoms with van der Waals surface area (Å²) in [7, 11) is 0. The smallest absolute Gasteiger partial charge is 0.0985 e. The van der Waals surface area contributed by atoms with Crippen molar-refractivity contribution in [3.8, 4) is 0 Å². The minimum Gasteiger partial charge on any atom is -0.393 e. The van der Waals surface area contributed by atoms with Crippen molar-refractivity contribution in [1.29, 1.82) is 0 Å². The second-order valence-corrected chi connectivity index (χ2v) is 13.5. The lowest BCUT2D eigenvalue weighted by Gasteiger charge is -2.65. The molecule has 11 atom stereocenters. The molecule has 1 unspecified atom stereocenters. The maximum Gasteiger partial charge on any atom is 0.0985 e. The van der Waals surface area contributed by atoms with E-state index in [0.29, 0.717) is 42.4 Å². The van der Waals surface area contributed by atoms with Crippen LogP contribution in [-0.2, 0) is 0 Å². The van der Waals surface area contributed by atoms with Gasteiger partial charge in [0.25, 0.3) is 0 Å². The molecule has 0 radical (unpaired) electrons. The Hall–Kier alpha value is -0.420. The van der Waals surface area contributed by atoms with Crippen LogP contribution in [0.15, 0.2) is 12.7 Å². The third kappa shape index (κ3) is 3.77. The lowest BCUT2D eigenvalue weighted by atomic mass is 9.42. The molecule has 0 aliphatic heterocycles. The molecule has 0 aromatic carbocycles. The first-order valence-electron chi connectivity index (χ1n) is 13.8. The molecule has 4 aliphatic rings. The molecule has 0 spiro atoms. The van der Waals surface area contributed by atoms with Gasteiger partial charge < -0.3 is 20.4 Å². The number of aliphatic hydroxyl groups excluding tert-OH is 2. The van der Waals surface area contributed by atoms with Gasteiger partial charge in [0.2, 0.25) is 0 Å². The van der Waals surface area contributed by atoms with E-state index in [0.717, 1.165) is 32.1 Å². The van der Waals surface area contributed by atoms with Gasteiger partial charge in [-0.15, -0.1) is 6.58 Å². The van der Waals surface area contributed by atoms with E-state index in [1.807, 2.05) is 0 Å². The first-order valence-corrected chi connectivity index (χ1v) is 13.8. The minimum absolute atomic E-state index is 0.168. The lowest BCUT2D eigenvalue weighted by molar-refractivity contribution is -0.264. The predicted molar refractivity (Wildman–Crippen MR) is 132 cm³/mol. The molecule has 4 fully saturated rings. The Kier molecular flexibility index (Phi) is 6.69. The van der Waals surface area contributed by atoms with Crippen molar-refractivity contribution in [2.24, 2.45) is 46.3 Å². The Labute approximate surface area is 201 Å². The van der Waals surface area contributed by atoms with Crippen LogP contribution in [0.5, 0.6) is 0 Å². The molecule has 0 heterocycles. The summed E-state index contributed by atoms with van der Waals surface area (Å²) in [5, 5.41) is 44.1. The average Bonchev–Trinajstić information content (AvgIpc) is 3.11. The fourth-order valence-corrected chi connectivity index (χ4v) is 9.52. The van der Waals surface area contributed by atoms with Gasteiger partial charge in [0.15, 0.2) is 0 Å². The van der Waals surface area contributed by atoms with Crippen molar-refractivity contribution < 1.29 is 20.4 Å². The summed E-state index contributed by atoms with van der Waals surface area (Å²) in [6, 6.07) is 0. The van der Waals surface area contributed by atoms with Crippen LogP contribution in [0, 0.1) is 46.3 Å². The first-order chi connectivity index (χ1) is 15.3. The van der Waals surface area contributed by atoms with Gasteiger partial charge in [-0.25, -0.2) is 0 Å². The highest BCUT2D eigenvalue weighted by Gasteiger charge is 2.67. The molecule has 190 valence electrons. The molecular weight excluding hydrogens is 412 g/mol. The molecule has 33 heavy (non-hydrogen) atoms. The second-order valence-electron chi connectivity index (χ2n) is 13.5. The number of rotatable bonds is 6. The molecule has 4 saturated carbocycles. The van der Waals surface area contributed by atoms with Crippen molar-refractivity contribution in [2.45, 2.75) is 122 Å². The largest absolute Gasteiger partial charge is 0.393 e. The SMILES string of the molecule is C=CC(O)(CC[C@@H](C)[C@H]1CC[C@H]2[C@@H]3C[C@@H](O)[C@@]4(O)C[C@@H](O)CC[C@]4(C)[C@H]3CC[C@]12C)C(C)C. The van der Waals surface area contributed by atoms with Gasteiger partial charge in [0.05, 0.1) is 23.4 Å². The Morgan fingerprint density at radius 1 is 1.03 bits per heavy atom. The van der Waals surface area contributed by atoms with Gasteiger partial charge in [-0.3, -0.25) is 0 Å². The highest BCUT2D eigenvalue weighted by Crippen LogP contribution is 2.69. The van der Waals surface area contributed by atoms with E-state index in [-0.39, 0.29) is 16.7 Å². The number of hydrogen-bond acceptors (Lipinski definition) is 4. The zero-order valence-electron chi connectivity index (χ0n) is 21.8. The second kappa shape index (κ2) is 8.61. The van der Waals surface area contributed by atoms with Crippen LogP contribution < -0.4 is 0 Å². The van der Waals surface area contributed by atoms with Crippen LogP contribution in [0.25, 0.3) is 0 Å². The van der Waals surface area contributed by atoms with Crippen LogP contribution in [0.4, 0.5) is 0 Å². The number of aliphatic hydroxyl groups is 4. The molecule has 4 rings (SSSR count). The van der Waals surface area contributed by atoms with E-state index in [2.05, 4.69) is 41.2 Å². The third-order valence-corrected chi connectivity index (χ3v) is 11.9. The summed E-state index contributed by atoms with van der Waals surface area (Å²) < 4.78 is 0. The summed E-state index contributed by atoms with van der Waals surface area (Å²) >= 11 is 0. The summed E-state index contributed by atoms with van der Waals surface area (Å²) in [6.07, 6.45) is 9.56. The zero-order valence-corrected chi connectivity index (χ0v) is 21.8. The van der Waals surface area contributed by atoms with Crippen molar-refractivity contribution in [2.75, 3.05) is 0 Å². The highest BCUT2D eigenvalue weighted by atomic mass is 16.3. The molecule has 4 nitrogen and oxygen atoms in total. The Balaban J connectivity index is 1.52. The van der Waals surface area contributed by atoms with Crippen LogP contribution in [0.3, 0.4) is 0 Å². The standard InChI is InChI=1S/C29H50O4/c1-7-28(32,18(2)3)15-10-19(4)22-8-9-23-21-16-25(31)29(33)17-20(30)11-14-27(29,6)24(21)12-13-26(22,23)5/h7,18-25,30-33H,1,8-17H2,2-6H3/t19-,20+,21+,22-,23+,24+,25-,26-,27-,28?,29+/m1/s1. The van der Waals surface area contributed by atoms with E-state index >= 15 is 0 Å². The zero-order chi connectivity index (χ0) is 24.4. The molecule has 0 aromatic rings. The maximum atomic E-state index is 11.6. The van der Waals surface area contributed by atoms with E-state index in [9.17, 15) is 20.4 Å². The Bertz CT molecular complexity index is 737. The van der Waals surface area contributed by atoms with E-state index in [1.165, 1.54) is 19.3 Å². The summed E-state index contributed by atoms with van der Waals surface area (Å²) in [4.78, 5) is 0. The van der Waals surface area contributed by atoms with Crippen LogP contribution in [-0.4, -0.2) is 43.8 Å². The lowest BCUT2D eigenvalue weighted by Crippen LogP contribution is -2.68. The van der Waals surface area contributed by atoms with Crippen molar-refractivity contribution in [3.05, 3.63) is 12.7 Å². The molecular formula is C29H50O4. The van der Waals surface area contributed by atoms with Gasteiger partial charge in [0, 0.05) is 11.8 Å². The van der Waals surface area contributed by atoms with E-state index in [4.69, 9.17) is 0 Å². The van der Waals surface area contributed by atoms with E-state index < -0.39 is 23.4 Å². The quantitative estimate of drug-likeness (QED) is 0.415. The Morgan fingerprint density at radius 3 is 2.36 bits per heavy atom. The topological polar surface area (TPSA) is 80.9 Å². The van der Waals surface area contributed by atoms with Crippen LogP contribution >= 0.6 is 0 Å². The minimum atomic E-state index is -1.16. The molecule has 0 aromatic heterocycles. The van der Waals surface area contributed by atoms with Gasteiger partial charge in [-0.1, -0.05) is 40.7 Å². The van der Waals surface area contributed by atoms with Gasteiger partial charge >= 0.3 is 0 Å². The predicted octanol–water partition coefficient (Wildman–Crippen LogP) is 5.08. The molecule has 0 saturated heterocycles. The molecule has 4 aliphatic carbocycles. The summed E-state index contributed by atoms with van der Waals surface area (Å²) in [5.74, 6) is 2.84. The highest BCUT2D eigenvalue weighted by molar-refractivity contribution is 5.17. The van der Waals surface area contributed by atoms with Crippen molar-refractivity contribution in [1.82, 2.24) is 0 Å². The number of hydrogen-bond donors (Lipinski definition) is 4. The van der Waals surface area contributed by atoms with Gasteiger partial charge in [-0.05, 0) is 98.7 Å². The molecule has 4 N–H and O–H groups in total. The summed E-state index contributed by atoms with van der Waals surface area (Å²) in [5.41, 5.74) is -1.98. The first kappa shape index (κ1) is 25.7. The molecule has 0 bridgehead atoms. The van der Waals surface area contributed by atoms with Crippen molar-refractivity contribution >= 4 is 0 Å². The monoisotopic (exact) mass is 462 g/mol. The van der Waals surface area contributed by atoms with Crippen LogP contribution in [0.1, 0.15) is 98.8 Å². The normalized spacial score (nSPS) is 50.1. The number of fused-ring (bicyclic) bond motifs is 5. The van der Waals surface area contributed by atoms with Gasteiger partial charge in [-0.2, -0.15) is 0 Å². The third-order valence-electron chi connectivity index (χ3n) is 11.9. The fraction of sp³-hybridized carbons (Fsp3) is 0.931. The van der Waals surface area contributed by atoms with Crippen molar-refractivity contribution in [3.63, 3.8) is 0 Å². The maximum absolute atomic E-state index is 11.6. The summed E-state index contributed by atoms with van der Waals surface area (Å²) in [6.45, 7) is 15.1.